The minimum absolute atomic E-state index is 0.164. The first-order valence-electron chi connectivity index (χ1n) is 8.10. The van der Waals surface area contributed by atoms with Crippen molar-refractivity contribution >= 4 is 27.3 Å². The third-order valence-electron chi connectivity index (χ3n) is 3.81. The Kier molecular flexibility index (Phi) is 5.23. The zero-order valence-corrected chi connectivity index (χ0v) is 15.3. The molecule has 0 aromatic heterocycles. The van der Waals surface area contributed by atoms with Crippen LogP contribution in [0, 0.1) is 12.7 Å². The van der Waals surface area contributed by atoms with Gasteiger partial charge in [-0.25, -0.2) is 12.8 Å². The SMILES string of the molecule is Cc1ccc(S(=O)(=O)Nc2ccc(NC(=O)c3cccc(F)c3)cc2)cc1. The van der Waals surface area contributed by atoms with Gasteiger partial charge in [-0.05, 0) is 61.5 Å². The summed E-state index contributed by atoms with van der Waals surface area (Å²) in [4.78, 5) is 12.3. The van der Waals surface area contributed by atoms with Crippen molar-refractivity contribution in [1.29, 1.82) is 0 Å². The van der Waals surface area contributed by atoms with Crippen LogP contribution < -0.4 is 10.0 Å². The average molecular weight is 384 g/mol. The first kappa shape index (κ1) is 18.6. The zero-order chi connectivity index (χ0) is 19.4. The first-order chi connectivity index (χ1) is 12.8. The molecule has 3 aromatic rings. The van der Waals surface area contributed by atoms with Gasteiger partial charge in [0.1, 0.15) is 5.82 Å². The maximum Gasteiger partial charge on any atom is 0.261 e. The molecule has 3 rings (SSSR count). The first-order valence-corrected chi connectivity index (χ1v) is 9.58. The average Bonchev–Trinajstić information content (AvgIpc) is 2.63. The van der Waals surface area contributed by atoms with Gasteiger partial charge in [0.25, 0.3) is 15.9 Å². The molecule has 0 aliphatic rings. The molecule has 3 aromatic carbocycles. The molecule has 0 bridgehead atoms. The minimum atomic E-state index is -3.69. The van der Waals surface area contributed by atoms with E-state index in [-0.39, 0.29) is 10.5 Å². The molecule has 0 heterocycles. The second-order valence-electron chi connectivity index (χ2n) is 5.96. The highest BCUT2D eigenvalue weighted by Gasteiger charge is 2.14. The van der Waals surface area contributed by atoms with Crippen molar-refractivity contribution in [3.05, 3.63) is 89.7 Å². The van der Waals surface area contributed by atoms with Crippen LogP contribution in [0.5, 0.6) is 0 Å². The molecule has 0 saturated carbocycles. The third-order valence-corrected chi connectivity index (χ3v) is 5.21. The Morgan fingerprint density at radius 2 is 1.52 bits per heavy atom. The smallest absolute Gasteiger partial charge is 0.261 e. The predicted molar refractivity (Wildman–Crippen MR) is 103 cm³/mol. The van der Waals surface area contributed by atoms with Crippen molar-refractivity contribution in [2.75, 3.05) is 10.0 Å². The number of hydrogen-bond donors (Lipinski definition) is 2. The highest BCUT2D eigenvalue weighted by molar-refractivity contribution is 7.92. The normalized spacial score (nSPS) is 11.0. The van der Waals surface area contributed by atoms with Gasteiger partial charge >= 0.3 is 0 Å². The maximum atomic E-state index is 13.2. The van der Waals surface area contributed by atoms with Gasteiger partial charge in [-0.3, -0.25) is 9.52 Å². The van der Waals surface area contributed by atoms with E-state index in [1.165, 1.54) is 42.5 Å². The van der Waals surface area contributed by atoms with E-state index in [2.05, 4.69) is 10.0 Å². The lowest BCUT2D eigenvalue weighted by Crippen LogP contribution is -2.14. The Bertz CT molecular complexity index is 1060. The Balaban J connectivity index is 1.70. The molecule has 2 N–H and O–H groups in total. The van der Waals surface area contributed by atoms with E-state index in [1.807, 2.05) is 6.92 Å². The summed E-state index contributed by atoms with van der Waals surface area (Å²) >= 11 is 0. The zero-order valence-electron chi connectivity index (χ0n) is 14.4. The van der Waals surface area contributed by atoms with Gasteiger partial charge in [-0.15, -0.1) is 0 Å². The van der Waals surface area contributed by atoms with Crippen LogP contribution >= 0.6 is 0 Å². The lowest BCUT2D eigenvalue weighted by Gasteiger charge is -2.10. The molecule has 0 aliphatic heterocycles. The molecule has 5 nitrogen and oxygen atoms in total. The van der Waals surface area contributed by atoms with E-state index in [4.69, 9.17) is 0 Å². The number of halogens is 1. The summed E-state index contributed by atoms with van der Waals surface area (Å²) in [6, 6.07) is 18.0. The summed E-state index contributed by atoms with van der Waals surface area (Å²) in [5.41, 5.74) is 1.98. The van der Waals surface area contributed by atoms with Crippen molar-refractivity contribution in [2.24, 2.45) is 0 Å². The number of benzene rings is 3. The van der Waals surface area contributed by atoms with E-state index < -0.39 is 21.7 Å². The highest BCUT2D eigenvalue weighted by Crippen LogP contribution is 2.19. The Hall–Kier alpha value is -3.19. The monoisotopic (exact) mass is 384 g/mol. The van der Waals surface area contributed by atoms with Crippen LogP contribution in [0.25, 0.3) is 0 Å². The number of hydrogen-bond acceptors (Lipinski definition) is 3. The fourth-order valence-corrected chi connectivity index (χ4v) is 3.44. The lowest BCUT2D eigenvalue weighted by molar-refractivity contribution is 0.102. The van der Waals surface area contributed by atoms with Gasteiger partial charge in [-0.2, -0.15) is 0 Å². The molecule has 138 valence electrons. The fourth-order valence-electron chi connectivity index (χ4n) is 2.39. The van der Waals surface area contributed by atoms with Crippen LogP contribution in [0.3, 0.4) is 0 Å². The van der Waals surface area contributed by atoms with Crippen LogP contribution in [0.4, 0.5) is 15.8 Å². The lowest BCUT2D eigenvalue weighted by atomic mass is 10.2. The van der Waals surface area contributed by atoms with Crippen LogP contribution in [0.2, 0.25) is 0 Å². The quantitative estimate of drug-likeness (QED) is 0.693. The molecule has 0 aliphatic carbocycles. The van der Waals surface area contributed by atoms with E-state index in [9.17, 15) is 17.6 Å². The molecule has 0 radical (unpaired) electrons. The summed E-state index contributed by atoms with van der Waals surface area (Å²) in [5, 5.41) is 2.63. The second-order valence-corrected chi connectivity index (χ2v) is 7.64. The van der Waals surface area contributed by atoms with Gasteiger partial charge in [0.05, 0.1) is 4.90 Å². The molecular formula is C20H17FN2O3S. The molecule has 0 atom stereocenters. The Morgan fingerprint density at radius 1 is 0.889 bits per heavy atom. The van der Waals surface area contributed by atoms with Gasteiger partial charge < -0.3 is 5.32 Å². The molecule has 1 amide bonds. The summed E-state index contributed by atoms with van der Waals surface area (Å²) in [5.74, 6) is -0.953. The summed E-state index contributed by atoms with van der Waals surface area (Å²) in [6.45, 7) is 1.88. The third kappa shape index (κ3) is 4.71. The van der Waals surface area contributed by atoms with Crippen molar-refractivity contribution < 1.29 is 17.6 Å². The number of carbonyl (C=O) groups excluding carboxylic acids is 1. The minimum Gasteiger partial charge on any atom is -0.322 e. The highest BCUT2D eigenvalue weighted by atomic mass is 32.2. The second kappa shape index (κ2) is 7.59. The van der Waals surface area contributed by atoms with E-state index in [1.54, 1.807) is 24.3 Å². The molecule has 0 fully saturated rings. The summed E-state index contributed by atoms with van der Waals surface area (Å²) in [6.07, 6.45) is 0. The van der Waals surface area contributed by atoms with Crippen LogP contribution in [-0.2, 0) is 10.0 Å². The topological polar surface area (TPSA) is 75.3 Å². The summed E-state index contributed by atoms with van der Waals surface area (Å²) in [7, 11) is -3.69. The standard InChI is InChI=1S/C20H17FN2O3S/c1-14-5-11-19(12-6-14)27(25,26)23-18-9-7-17(8-10-18)22-20(24)15-3-2-4-16(21)13-15/h2-13,23H,1H3,(H,22,24). The van der Waals surface area contributed by atoms with Gasteiger partial charge in [0, 0.05) is 16.9 Å². The fraction of sp³-hybridized carbons (Fsp3) is 0.0500. The van der Waals surface area contributed by atoms with Crippen molar-refractivity contribution in [2.45, 2.75) is 11.8 Å². The van der Waals surface area contributed by atoms with Gasteiger partial charge in [0.2, 0.25) is 0 Å². The van der Waals surface area contributed by atoms with Crippen LogP contribution in [0.1, 0.15) is 15.9 Å². The number of sulfonamides is 1. The van der Waals surface area contributed by atoms with Gasteiger partial charge in [-0.1, -0.05) is 23.8 Å². The largest absolute Gasteiger partial charge is 0.322 e. The number of anilines is 2. The molecule has 0 unspecified atom stereocenters. The number of amides is 1. The Morgan fingerprint density at radius 3 is 2.15 bits per heavy atom. The molecule has 27 heavy (non-hydrogen) atoms. The number of carbonyl (C=O) groups is 1. The number of nitrogens with one attached hydrogen (secondary N) is 2. The van der Waals surface area contributed by atoms with Crippen molar-refractivity contribution in [3.8, 4) is 0 Å². The van der Waals surface area contributed by atoms with E-state index in [0.29, 0.717) is 11.4 Å². The van der Waals surface area contributed by atoms with E-state index >= 15 is 0 Å². The van der Waals surface area contributed by atoms with Crippen molar-refractivity contribution in [3.63, 3.8) is 0 Å². The number of aryl methyl sites for hydroxylation is 1. The summed E-state index contributed by atoms with van der Waals surface area (Å²) < 4.78 is 40.4. The maximum absolute atomic E-state index is 13.2. The predicted octanol–water partition coefficient (Wildman–Crippen LogP) is 4.19. The van der Waals surface area contributed by atoms with Crippen LogP contribution in [-0.4, -0.2) is 14.3 Å². The molecule has 0 spiro atoms. The molecule has 0 saturated heterocycles. The van der Waals surface area contributed by atoms with Gasteiger partial charge in [0.15, 0.2) is 0 Å². The molecular weight excluding hydrogens is 367 g/mol. The molecule has 7 heteroatoms. The number of rotatable bonds is 5. The van der Waals surface area contributed by atoms with Crippen molar-refractivity contribution in [1.82, 2.24) is 0 Å². The van der Waals surface area contributed by atoms with E-state index in [0.717, 1.165) is 11.6 Å². The Labute approximate surface area is 156 Å². The van der Waals surface area contributed by atoms with Crippen LogP contribution in [0.15, 0.2) is 77.7 Å².